The van der Waals surface area contributed by atoms with Crippen molar-refractivity contribution >= 4 is 16.8 Å². The third-order valence-electron chi connectivity index (χ3n) is 1.99. The molecule has 0 saturated carbocycles. The predicted molar refractivity (Wildman–Crippen MR) is 58.9 cm³/mol. The van der Waals surface area contributed by atoms with Gasteiger partial charge in [-0.2, -0.15) is 0 Å². The Morgan fingerprint density at radius 2 is 1.79 bits per heavy atom. The van der Waals surface area contributed by atoms with Gasteiger partial charge >= 0.3 is 5.97 Å². The second-order valence-corrected chi connectivity index (χ2v) is 5.10. The number of unbranched alkanes of at least 4 members (excludes halogenated alkanes) is 3. The number of aliphatic carboxylic acids is 1. The van der Waals surface area contributed by atoms with Gasteiger partial charge in [-0.25, -0.2) is 0 Å². The fraction of sp³-hybridized carbons (Fsp3) is 0.900. The minimum absolute atomic E-state index is 0.238. The van der Waals surface area contributed by atoms with Crippen molar-refractivity contribution in [2.24, 2.45) is 0 Å². The highest BCUT2D eigenvalue weighted by atomic mass is 32.2. The van der Waals surface area contributed by atoms with E-state index in [-0.39, 0.29) is 6.42 Å². The molecule has 3 nitrogen and oxygen atoms in total. The maximum absolute atomic E-state index is 11.3. The van der Waals surface area contributed by atoms with Crippen LogP contribution in [-0.4, -0.2) is 26.8 Å². The van der Waals surface area contributed by atoms with Gasteiger partial charge in [-0.1, -0.05) is 19.8 Å². The van der Waals surface area contributed by atoms with Crippen molar-refractivity contribution in [3.05, 3.63) is 0 Å². The van der Waals surface area contributed by atoms with E-state index in [1.54, 1.807) is 0 Å². The third-order valence-corrected chi connectivity index (χ3v) is 3.48. The first-order valence-corrected chi connectivity index (χ1v) is 6.72. The average Bonchev–Trinajstić information content (AvgIpc) is 2.13. The van der Waals surface area contributed by atoms with Crippen LogP contribution in [0.3, 0.4) is 0 Å². The van der Waals surface area contributed by atoms with Gasteiger partial charge in [0.05, 0.1) is 0 Å². The second kappa shape index (κ2) is 9.19. The van der Waals surface area contributed by atoms with Crippen LogP contribution in [0.4, 0.5) is 0 Å². The molecule has 0 spiro atoms. The second-order valence-electron chi connectivity index (χ2n) is 3.41. The first kappa shape index (κ1) is 13.6. The summed E-state index contributed by atoms with van der Waals surface area (Å²) in [6, 6.07) is 0. The third kappa shape index (κ3) is 9.71. The average molecular weight is 220 g/mol. The van der Waals surface area contributed by atoms with Gasteiger partial charge in [0.25, 0.3) is 0 Å². The predicted octanol–water partition coefficient (Wildman–Crippen LogP) is 2.18. The van der Waals surface area contributed by atoms with E-state index in [0.717, 1.165) is 37.2 Å². The van der Waals surface area contributed by atoms with Crippen LogP contribution in [0.2, 0.25) is 0 Å². The molecular weight excluding hydrogens is 200 g/mol. The van der Waals surface area contributed by atoms with E-state index in [9.17, 15) is 9.00 Å². The van der Waals surface area contributed by atoms with Gasteiger partial charge in [0.15, 0.2) is 0 Å². The van der Waals surface area contributed by atoms with Crippen molar-refractivity contribution in [2.45, 2.75) is 45.4 Å². The molecule has 0 radical (unpaired) electrons. The first-order valence-electron chi connectivity index (χ1n) is 5.23. The molecule has 0 aliphatic carbocycles. The minimum atomic E-state index is -0.739. The summed E-state index contributed by atoms with van der Waals surface area (Å²) in [7, 11) is -0.682. The summed E-state index contributed by atoms with van der Waals surface area (Å²) in [5.74, 6) is 0.798. The molecule has 0 bridgehead atoms. The molecule has 0 aliphatic heterocycles. The lowest BCUT2D eigenvalue weighted by molar-refractivity contribution is -0.137. The van der Waals surface area contributed by atoms with E-state index in [1.807, 2.05) is 0 Å². The molecular formula is C10H20O3S. The Morgan fingerprint density at radius 1 is 1.14 bits per heavy atom. The summed E-state index contributed by atoms with van der Waals surface area (Å²) >= 11 is 0. The van der Waals surface area contributed by atoms with Crippen LogP contribution < -0.4 is 0 Å². The smallest absolute Gasteiger partial charge is 0.303 e. The zero-order valence-electron chi connectivity index (χ0n) is 8.83. The van der Waals surface area contributed by atoms with Gasteiger partial charge in [-0.15, -0.1) is 0 Å². The Bertz CT molecular complexity index is 180. The molecule has 0 aromatic heterocycles. The van der Waals surface area contributed by atoms with Crippen LogP contribution in [0, 0.1) is 0 Å². The van der Waals surface area contributed by atoms with Crippen LogP contribution in [-0.2, 0) is 15.6 Å². The lowest BCUT2D eigenvalue weighted by Crippen LogP contribution is -2.02. The number of carboxylic acid groups (broad SMARTS) is 1. The van der Waals surface area contributed by atoms with E-state index in [4.69, 9.17) is 5.11 Å². The highest BCUT2D eigenvalue weighted by molar-refractivity contribution is 7.84. The number of hydrogen-bond donors (Lipinski definition) is 1. The van der Waals surface area contributed by atoms with Gasteiger partial charge in [-0.3, -0.25) is 9.00 Å². The Labute approximate surface area is 88.4 Å². The van der Waals surface area contributed by atoms with Gasteiger partial charge < -0.3 is 5.11 Å². The molecule has 0 aliphatic rings. The number of carboxylic acids is 1. The summed E-state index contributed by atoms with van der Waals surface area (Å²) in [6.07, 6.45) is 4.84. The maximum atomic E-state index is 11.3. The summed E-state index contributed by atoms with van der Waals surface area (Å²) in [6.45, 7) is 2.09. The molecule has 1 unspecified atom stereocenters. The lowest BCUT2D eigenvalue weighted by atomic mass is 10.2. The highest BCUT2D eigenvalue weighted by Gasteiger charge is 2.00. The van der Waals surface area contributed by atoms with Crippen molar-refractivity contribution in [3.8, 4) is 0 Å². The zero-order valence-corrected chi connectivity index (χ0v) is 9.65. The quantitative estimate of drug-likeness (QED) is 0.606. The van der Waals surface area contributed by atoms with Crippen molar-refractivity contribution in [3.63, 3.8) is 0 Å². The molecule has 1 atom stereocenters. The summed E-state index contributed by atoms with van der Waals surface area (Å²) in [5.41, 5.74) is 0. The van der Waals surface area contributed by atoms with Crippen molar-refractivity contribution in [2.75, 3.05) is 11.5 Å². The van der Waals surface area contributed by atoms with Gasteiger partial charge in [0.1, 0.15) is 0 Å². The molecule has 0 aromatic carbocycles. The molecule has 0 rings (SSSR count). The van der Waals surface area contributed by atoms with Gasteiger partial charge in [-0.05, 0) is 19.3 Å². The Hall–Kier alpha value is -0.380. The summed E-state index contributed by atoms with van der Waals surface area (Å²) in [4.78, 5) is 10.2. The van der Waals surface area contributed by atoms with Crippen molar-refractivity contribution in [1.82, 2.24) is 0 Å². The maximum Gasteiger partial charge on any atom is 0.303 e. The molecule has 0 amide bonds. The van der Waals surface area contributed by atoms with Crippen molar-refractivity contribution in [1.29, 1.82) is 0 Å². The number of hydrogen-bond acceptors (Lipinski definition) is 2. The molecule has 0 aromatic rings. The Kier molecular flexibility index (Phi) is 8.94. The van der Waals surface area contributed by atoms with Crippen molar-refractivity contribution < 1.29 is 14.1 Å². The Balaban J connectivity index is 3.19. The van der Waals surface area contributed by atoms with Crippen LogP contribution in [0.1, 0.15) is 45.4 Å². The highest BCUT2D eigenvalue weighted by Crippen LogP contribution is 2.02. The van der Waals surface area contributed by atoms with Crippen LogP contribution in [0.15, 0.2) is 0 Å². The molecule has 84 valence electrons. The van der Waals surface area contributed by atoms with E-state index in [2.05, 4.69) is 6.92 Å². The molecule has 0 fully saturated rings. The fourth-order valence-electron chi connectivity index (χ4n) is 1.12. The first-order chi connectivity index (χ1) is 6.66. The van der Waals surface area contributed by atoms with Crippen LogP contribution in [0.25, 0.3) is 0 Å². The topological polar surface area (TPSA) is 54.4 Å². The molecule has 0 heterocycles. The van der Waals surface area contributed by atoms with E-state index >= 15 is 0 Å². The largest absolute Gasteiger partial charge is 0.481 e. The summed E-state index contributed by atoms with van der Waals surface area (Å²) < 4.78 is 11.3. The standard InChI is InChI=1S/C10H20O3S/c1-2-3-8-14(13)9-6-4-5-7-10(11)12/h2-9H2,1H3,(H,11,12). The zero-order chi connectivity index (χ0) is 10.8. The fourth-order valence-corrected chi connectivity index (χ4v) is 2.46. The van der Waals surface area contributed by atoms with E-state index < -0.39 is 16.8 Å². The Morgan fingerprint density at radius 3 is 2.36 bits per heavy atom. The molecule has 1 N–H and O–H groups in total. The lowest BCUT2D eigenvalue weighted by Gasteiger charge is -2.00. The monoisotopic (exact) mass is 220 g/mol. The van der Waals surface area contributed by atoms with Gasteiger partial charge in [0.2, 0.25) is 0 Å². The molecule has 4 heteroatoms. The van der Waals surface area contributed by atoms with Gasteiger partial charge in [0, 0.05) is 28.7 Å². The van der Waals surface area contributed by atoms with Crippen LogP contribution in [0.5, 0.6) is 0 Å². The minimum Gasteiger partial charge on any atom is -0.481 e. The normalized spacial score (nSPS) is 12.6. The van der Waals surface area contributed by atoms with E-state index in [1.165, 1.54) is 0 Å². The molecule has 14 heavy (non-hydrogen) atoms. The number of rotatable bonds is 9. The van der Waals surface area contributed by atoms with Crippen LogP contribution >= 0.6 is 0 Å². The molecule has 0 saturated heterocycles. The summed E-state index contributed by atoms with van der Waals surface area (Å²) in [5, 5.41) is 8.38. The van der Waals surface area contributed by atoms with E-state index in [0.29, 0.717) is 6.42 Å². The SMILES string of the molecule is CCCCS(=O)CCCCCC(=O)O. The number of carbonyl (C=O) groups is 1.